The fraction of sp³-hybridized carbons (Fsp3) is 0.750. The van der Waals surface area contributed by atoms with Crippen LogP contribution in [-0.2, 0) is 19.1 Å². The van der Waals surface area contributed by atoms with Crippen LogP contribution in [-0.4, -0.2) is 58.0 Å². The predicted molar refractivity (Wildman–Crippen MR) is 91.9 cm³/mol. The molecule has 0 aliphatic carbocycles. The highest BCUT2D eigenvalue weighted by Gasteiger charge is 2.33. The van der Waals surface area contributed by atoms with Crippen LogP contribution in [0.15, 0.2) is 0 Å². The highest BCUT2D eigenvalue weighted by Crippen LogP contribution is 2.35. The van der Waals surface area contributed by atoms with Gasteiger partial charge in [-0.15, -0.1) is 11.5 Å². The predicted octanol–water partition coefficient (Wildman–Crippen LogP) is 1.66. The topological polar surface area (TPSA) is 84.9 Å². The van der Waals surface area contributed by atoms with E-state index in [2.05, 4.69) is 50.6 Å². The second-order valence-corrected chi connectivity index (χ2v) is 11.9. The molecular weight excluding hydrogens is 314 g/mol. The van der Waals surface area contributed by atoms with E-state index in [-0.39, 0.29) is 24.7 Å². The largest absolute Gasteiger partial charge is 0.480 e. The first-order chi connectivity index (χ1) is 10.5. The van der Waals surface area contributed by atoms with Gasteiger partial charge in [0.05, 0.1) is 13.2 Å². The summed E-state index contributed by atoms with van der Waals surface area (Å²) < 4.78 is 9.85. The lowest BCUT2D eigenvalue weighted by Crippen LogP contribution is -2.42. The quantitative estimate of drug-likeness (QED) is 0.398. The lowest BCUT2D eigenvalue weighted by Gasteiger charge is -2.31. The molecule has 0 aromatic rings. The zero-order valence-electron chi connectivity index (χ0n) is 15.0. The Kier molecular flexibility index (Phi) is 9.13. The highest BCUT2D eigenvalue weighted by molar-refractivity contribution is 6.87. The molecule has 1 atom stereocenters. The number of amides is 1. The summed E-state index contributed by atoms with van der Waals surface area (Å²) in [5.41, 5.74) is 3.24. The van der Waals surface area contributed by atoms with Crippen LogP contribution in [0.1, 0.15) is 27.2 Å². The van der Waals surface area contributed by atoms with Gasteiger partial charge in [-0.25, -0.2) is 4.79 Å². The number of hydrogen-bond donors (Lipinski definition) is 2. The van der Waals surface area contributed by atoms with Gasteiger partial charge in [-0.2, -0.15) is 0 Å². The molecule has 0 spiro atoms. The van der Waals surface area contributed by atoms with Crippen molar-refractivity contribution in [1.29, 1.82) is 0 Å². The number of carboxylic acids is 1. The number of carboxylic acid groups (broad SMARTS) is 1. The van der Waals surface area contributed by atoms with E-state index in [4.69, 9.17) is 9.47 Å². The summed E-state index contributed by atoms with van der Waals surface area (Å²) in [5, 5.41) is 11.7. The van der Waals surface area contributed by atoms with Crippen molar-refractivity contribution < 1.29 is 24.2 Å². The summed E-state index contributed by atoms with van der Waals surface area (Å²) >= 11 is 0. The van der Waals surface area contributed by atoms with Gasteiger partial charge in [0.25, 0.3) is 0 Å². The molecule has 0 fully saturated rings. The van der Waals surface area contributed by atoms with Gasteiger partial charge in [0, 0.05) is 13.5 Å². The van der Waals surface area contributed by atoms with E-state index in [9.17, 15) is 14.7 Å². The lowest BCUT2D eigenvalue weighted by atomic mass is 10.2. The van der Waals surface area contributed by atoms with Crippen molar-refractivity contribution >= 4 is 20.0 Å². The molecular formula is C16H29NO5Si. The summed E-state index contributed by atoms with van der Waals surface area (Å²) in [4.78, 5) is 22.9. The Morgan fingerprint density at radius 2 is 1.87 bits per heavy atom. The average Bonchev–Trinajstić information content (AvgIpc) is 2.41. The number of carbonyl (C=O) groups excluding carboxylic acids is 1. The van der Waals surface area contributed by atoms with Crippen LogP contribution in [0.4, 0.5) is 0 Å². The van der Waals surface area contributed by atoms with Crippen LogP contribution in [0.2, 0.25) is 18.1 Å². The van der Waals surface area contributed by atoms with Crippen molar-refractivity contribution in [2.24, 2.45) is 0 Å². The van der Waals surface area contributed by atoms with Crippen LogP contribution in [0, 0.1) is 11.5 Å². The van der Waals surface area contributed by atoms with E-state index in [0.29, 0.717) is 6.61 Å². The molecule has 0 radical (unpaired) electrons. The molecule has 6 nitrogen and oxygen atoms in total. The zero-order valence-corrected chi connectivity index (χ0v) is 16.0. The molecule has 23 heavy (non-hydrogen) atoms. The summed E-state index contributed by atoms with van der Waals surface area (Å²) in [5.74, 6) is 1.38. The minimum absolute atomic E-state index is 0.0889. The standard InChI is InChI=1S/C16H29NO5Si/c1-16(2,3)23(5,6)11-7-8-13(15(19)20)17-14(18)12-22-10-9-21-4/h13H,8-10,12H2,1-6H3,(H,17,18)(H,19,20)/t13-/m1/s1. The Labute approximate surface area is 139 Å². The van der Waals surface area contributed by atoms with Gasteiger partial charge in [-0.1, -0.05) is 33.9 Å². The molecule has 0 aliphatic heterocycles. The molecule has 132 valence electrons. The molecule has 0 bridgehead atoms. The molecule has 0 aliphatic rings. The van der Waals surface area contributed by atoms with E-state index in [1.165, 1.54) is 7.11 Å². The molecule has 0 saturated carbocycles. The van der Waals surface area contributed by atoms with Gasteiger partial charge >= 0.3 is 5.97 Å². The van der Waals surface area contributed by atoms with Gasteiger partial charge in [0.15, 0.2) is 0 Å². The van der Waals surface area contributed by atoms with Crippen molar-refractivity contribution in [3.8, 4) is 11.5 Å². The zero-order chi connectivity index (χ0) is 18.1. The van der Waals surface area contributed by atoms with Gasteiger partial charge in [-0.05, 0) is 5.04 Å². The van der Waals surface area contributed by atoms with E-state index >= 15 is 0 Å². The summed E-state index contributed by atoms with van der Waals surface area (Å²) in [6.07, 6.45) is 0.0889. The molecule has 0 unspecified atom stereocenters. The van der Waals surface area contributed by atoms with Crippen molar-refractivity contribution in [2.45, 2.75) is 51.4 Å². The average molecular weight is 343 g/mol. The molecule has 7 heteroatoms. The van der Waals surface area contributed by atoms with Crippen LogP contribution in [0.25, 0.3) is 0 Å². The molecule has 1 amide bonds. The smallest absolute Gasteiger partial charge is 0.327 e. The first-order valence-electron chi connectivity index (χ1n) is 7.60. The van der Waals surface area contributed by atoms with Crippen molar-refractivity contribution in [2.75, 3.05) is 26.9 Å². The SMILES string of the molecule is COCCOCC(=O)N[C@H](CC#C[Si](C)(C)C(C)(C)C)C(=O)O. The second kappa shape index (κ2) is 9.70. The van der Waals surface area contributed by atoms with E-state index in [1.54, 1.807) is 0 Å². The molecule has 0 rings (SSSR count). The van der Waals surface area contributed by atoms with Crippen molar-refractivity contribution in [3.63, 3.8) is 0 Å². The third kappa shape index (κ3) is 8.74. The van der Waals surface area contributed by atoms with Crippen LogP contribution in [0.5, 0.6) is 0 Å². The molecule has 2 N–H and O–H groups in total. The number of ether oxygens (including phenoxy) is 2. The third-order valence-electron chi connectivity index (χ3n) is 3.88. The van der Waals surface area contributed by atoms with Gasteiger partial charge in [0.1, 0.15) is 20.7 Å². The number of rotatable bonds is 8. The van der Waals surface area contributed by atoms with Gasteiger partial charge in [0.2, 0.25) is 5.91 Å². The molecule has 0 heterocycles. The first kappa shape index (κ1) is 21.6. The van der Waals surface area contributed by atoms with Crippen molar-refractivity contribution in [1.82, 2.24) is 5.32 Å². The van der Waals surface area contributed by atoms with Crippen LogP contribution >= 0.6 is 0 Å². The lowest BCUT2D eigenvalue weighted by molar-refractivity contribution is -0.142. The normalized spacial score (nSPS) is 13.0. The van der Waals surface area contributed by atoms with Crippen LogP contribution in [0.3, 0.4) is 0 Å². The molecule has 0 saturated heterocycles. The Morgan fingerprint density at radius 3 is 2.35 bits per heavy atom. The van der Waals surface area contributed by atoms with E-state index in [1.807, 2.05) is 0 Å². The Balaban J connectivity index is 4.56. The summed E-state index contributed by atoms with van der Waals surface area (Å²) in [6.45, 7) is 11.2. The van der Waals surface area contributed by atoms with Gasteiger partial charge in [-0.3, -0.25) is 4.79 Å². The number of hydrogen-bond acceptors (Lipinski definition) is 4. The minimum atomic E-state index is -1.78. The third-order valence-corrected chi connectivity index (χ3v) is 8.43. The Hall–Kier alpha value is -1.36. The number of aliphatic carboxylic acids is 1. The van der Waals surface area contributed by atoms with Crippen molar-refractivity contribution in [3.05, 3.63) is 0 Å². The Bertz CT molecular complexity index is 459. The van der Waals surface area contributed by atoms with Gasteiger partial charge < -0.3 is 19.9 Å². The molecule has 0 aromatic carbocycles. The fourth-order valence-corrected chi connectivity index (χ4v) is 2.22. The minimum Gasteiger partial charge on any atom is -0.480 e. The monoisotopic (exact) mass is 343 g/mol. The Morgan fingerprint density at radius 1 is 1.26 bits per heavy atom. The maximum absolute atomic E-state index is 11.7. The maximum Gasteiger partial charge on any atom is 0.327 e. The van der Waals surface area contributed by atoms with E-state index < -0.39 is 26.0 Å². The van der Waals surface area contributed by atoms with Crippen LogP contribution < -0.4 is 5.32 Å². The second-order valence-electron chi connectivity index (χ2n) is 6.88. The summed E-state index contributed by atoms with van der Waals surface area (Å²) in [6, 6.07) is -1.02. The van der Waals surface area contributed by atoms with E-state index in [0.717, 1.165) is 0 Å². The highest BCUT2D eigenvalue weighted by atomic mass is 28.3. The number of nitrogens with one attached hydrogen (secondary N) is 1. The number of methoxy groups -OCH3 is 1. The fourth-order valence-electron chi connectivity index (χ4n) is 1.30. The summed E-state index contributed by atoms with van der Waals surface area (Å²) in [7, 11) is -0.249. The first-order valence-corrected chi connectivity index (χ1v) is 10.6. The molecule has 0 aromatic heterocycles. The number of carbonyl (C=O) groups is 2. The maximum atomic E-state index is 11.7.